The van der Waals surface area contributed by atoms with Crippen LogP contribution in [-0.2, 0) is 0 Å². The van der Waals surface area contributed by atoms with Gasteiger partial charge in [-0.3, -0.25) is 0 Å². The van der Waals surface area contributed by atoms with E-state index in [0.29, 0.717) is 0 Å². The summed E-state index contributed by atoms with van der Waals surface area (Å²) in [5.41, 5.74) is 14.0. The second-order valence-corrected chi connectivity index (χ2v) is 12.6. The van der Waals surface area contributed by atoms with Crippen molar-refractivity contribution in [2.24, 2.45) is 0 Å². The van der Waals surface area contributed by atoms with Gasteiger partial charge in [0.1, 0.15) is 0 Å². The predicted molar refractivity (Wildman–Crippen MR) is 212 cm³/mol. The lowest BCUT2D eigenvalue weighted by atomic mass is 9.98. The molecular weight excluding hydrogens is 605 g/mol. The quantitative estimate of drug-likeness (QED) is 0.169. The smallest absolute Gasteiger partial charge is 0.0547 e. The monoisotopic (exact) mass is 638 g/mol. The topological polar surface area (TPSA) is 8.17 Å². The fourth-order valence-electron chi connectivity index (χ4n) is 7.32. The van der Waals surface area contributed by atoms with Crippen LogP contribution in [0.25, 0.3) is 60.9 Å². The van der Waals surface area contributed by atoms with Gasteiger partial charge in [-0.25, -0.2) is 0 Å². The van der Waals surface area contributed by atoms with E-state index in [4.69, 9.17) is 0 Å². The van der Waals surface area contributed by atoms with Crippen LogP contribution in [0.5, 0.6) is 0 Å². The van der Waals surface area contributed by atoms with E-state index in [0.717, 1.165) is 22.7 Å². The molecule has 0 aliphatic carbocycles. The highest BCUT2D eigenvalue weighted by molar-refractivity contribution is 6.16. The maximum atomic E-state index is 2.42. The zero-order chi connectivity index (χ0) is 33.3. The summed E-state index contributed by atoms with van der Waals surface area (Å²) in [6.07, 6.45) is 0. The summed E-state index contributed by atoms with van der Waals surface area (Å²) in [4.78, 5) is 2.42. The summed E-state index contributed by atoms with van der Waals surface area (Å²) in [5.74, 6) is 0. The number of hydrogen-bond acceptors (Lipinski definition) is 1. The van der Waals surface area contributed by atoms with Crippen LogP contribution in [0.15, 0.2) is 206 Å². The van der Waals surface area contributed by atoms with Crippen LogP contribution in [0.2, 0.25) is 0 Å². The van der Waals surface area contributed by atoms with Crippen molar-refractivity contribution in [3.63, 3.8) is 0 Å². The van der Waals surface area contributed by atoms with Gasteiger partial charge in [-0.05, 0) is 82.4 Å². The third-order valence-electron chi connectivity index (χ3n) is 9.57. The predicted octanol–water partition coefficient (Wildman–Crippen LogP) is 13.3. The van der Waals surface area contributed by atoms with Gasteiger partial charge in [-0.15, -0.1) is 0 Å². The lowest BCUT2D eigenvalue weighted by molar-refractivity contribution is 1.18. The average Bonchev–Trinajstić information content (AvgIpc) is 3.54. The molecule has 0 unspecified atom stereocenters. The van der Waals surface area contributed by atoms with Crippen LogP contribution in [-0.4, -0.2) is 4.57 Å². The van der Waals surface area contributed by atoms with E-state index in [1.165, 1.54) is 55.2 Å². The molecule has 0 fully saturated rings. The molecule has 0 saturated heterocycles. The van der Waals surface area contributed by atoms with Crippen LogP contribution >= 0.6 is 0 Å². The molecule has 1 aromatic heterocycles. The van der Waals surface area contributed by atoms with Gasteiger partial charge in [0.05, 0.1) is 16.7 Å². The molecule has 1 heterocycles. The minimum atomic E-state index is 1.10. The molecule has 9 rings (SSSR count). The molecule has 0 saturated carbocycles. The van der Waals surface area contributed by atoms with Gasteiger partial charge in [-0.1, -0.05) is 152 Å². The number of aromatic nitrogens is 1. The fraction of sp³-hybridized carbons (Fsp3) is 0. The molecule has 0 amide bonds. The molecule has 8 aromatic carbocycles. The molecule has 2 nitrogen and oxygen atoms in total. The number of fused-ring (bicyclic) bond motifs is 3. The Morgan fingerprint density at radius 1 is 0.340 bits per heavy atom. The average molecular weight is 639 g/mol. The first-order valence-electron chi connectivity index (χ1n) is 17.1. The molecule has 0 aliphatic heterocycles. The largest absolute Gasteiger partial charge is 0.310 e. The normalized spacial score (nSPS) is 11.2. The van der Waals surface area contributed by atoms with E-state index < -0.39 is 0 Å². The fourth-order valence-corrected chi connectivity index (χ4v) is 7.32. The highest BCUT2D eigenvalue weighted by atomic mass is 15.1. The van der Waals surface area contributed by atoms with Crippen molar-refractivity contribution in [2.75, 3.05) is 4.90 Å². The lowest BCUT2D eigenvalue weighted by Gasteiger charge is -2.28. The minimum absolute atomic E-state index is 1.10. The Balaban J connectivity index is 1.34. The Morgan fingerprint density at radius 3 is 1.60 bits per heavy atom. The van der Waals surface area contributed by atoms with Crippen LogP contribution in [0.1, 0.15) is 0 Å². The zero-order valence-corrected chi connectivity index (χ0v) is 27.5. The Hall–Kier alpha value is -6.64. The molecular formula is C48H34N2. The van der Waals surface area contributed by atoms with Gasteiger partial charge in [0.15, 0.2) is 0 Å². The van der Waals surface area contributed by atoms with Gasteiger partial charge >= 0.3 is 0 Å². The number of hydrogen-bond donors (Lipinski definition) is 0. The molecule has 0 radical (unpaired) electrons. The summed E-state index contributed by atoms with van der Waals surface area (Å²) < 4.78 is 2.40. The van der Waals surface area contributed by atoms with Crippen molar-refractivity contribution in [1.82, 2.24) is 4.57 Å². The van der Waals surface area contributed by atoms with E-state index in [1.807, 2.05) is 0 Å². The standard InChI is InChI=1S/C48H34N2/c1-5-17-35(18-6-1)38-23-15-26-40(33-38)49(45-29-14-13-27-42(45)36-19-7-2-8-20-36)41-31-32-46-44(34-41)48-43(37-21-9-3-10-22-37)28-16-30-47(48)50(46)39-24-11-4-12-25-39/h1-34H. The number of para-hydroxylation sites is 2. The highest BCUT2D eigenvalue weighted by Crippen LogP contribution is 2.45. The number of rotatable bonds is 7. The van der Waals surface area contributed by atoms with Crippen molar-refractivity contribution in [3.8, 4) is 39.1 Å². The van der Waals surface area contributed by atoms with Crippen molar-refractivity contribution >= 4 is 38.9 Å². The van der Waals surface area contributed by atoms with Gasteiger partial charge in [-0.2, -0.15) is 0 Å². The third-order valence-corrected chi connectivity index (χ3v) is 9.57. The first-order chi connectivity index (χ1) is 24.8. The molecule has 236 valence electrons. The molecule has 2 heteroatoms. The summed E-state index contributed by atoms with van der Waals surface area (Å²) in [5, 5.41) is 2.45. The Kier molecular flexibility index (Phi) is 7.53. The third kappa shape index (κ3) is 5.24. The maximum absolute atomic E-state index is 2.42. The van der Waals surface area contributed by atoms with Gasteiger partial charge in [0.2, 0.25) is 0 Å². The van der Waals surface area contributed by atoms with Gasteiger partial charge in [0.25, 0.3) is 0 Å². The number of anilines is 3. The van der Waals surface area contributed by atoms with E-state index in [2.05, 4.69) is 216 Å². The number of nitrogens with zero attached hydrogens (tertiary/aromatic N) is 2. The van der Waals surface area contributed by atoms with Crippen molar-refractivity contribution in [3.05, 3.63) is 206 Å². The molecule has 0 bridgehead atoms. The molecule has 9 aromatic rings. The first kappa shape index (κ1) is 29.5. The summed E-state index contributed by atoms with van der Waals surface area (Å²) >= 11 is 0. The molecule has 0 N–H and O–H groups in total. The van der Waals surface area contributed by atoms with Crippen molar-refractivity contribution in [2.45, 2.75) is 0 Å². The van der Waals surface area contributed by atoms with E-state index in [9.17, 15) is 0 Å². The van der Waals surface area contributed by atoms with E-state index in [1.54, 1.807) is 0 Å². The van der Waals surface area contributed by atoms with Crippen LogP contribution < -0.4 is 4.90 Å². The van der Waals surface area contributed by atoms with Crippen LogP contribution in [0.4, 0.5) is 17.1 Å². The van der Waals surface area contributed by atoms with E-state index >= 15 is 0 Å². The molecule has 0 aliphatic rings. The second-order valence-electron chi connectivity index (χ2n) is 12.6. The molecule has 0 spiro atoms. The van der Waals surface area contributed by atoms with Gasteiger partial charge in [0, 0.05) is 33.4 Å². The Morgan fingerprint density at radius 2 is 0.880 bits per heavy atom. The second kappa shape index (κ2) is 12.8. The molecule has 50 heavy (non-hydrogen) atoms. The summed E-state index contributed by atoms with van der Waals surface area (Å²) in [6, 6.07) is 74.1. The van der Waals surface area contributed by atoms with Crippen LogP contribution in [0, 0.1) is 0 Å². The summed E-state index contributed by atoms with van der Waals surface area (Å²) in [7, 11) is 0. The van der Waals surface area contributed by atoms with E-state index in [-0.39, 0.29) is 0 Å². The van der Waals surface area contributed by atoms with Crippen molar-refractivity contribution in [1.29, 1.82) is 0 Å². The molecule has 0 atom stereocenters. The van der Waals surface area contributed by atoms with Crippen LogP contribution in [0.3, 0.4) is 0 Å². The Labute approximate surface area is 292 Å². The lowest BCUT2D eigenvalue weighted by Crippen LogP contribution is -2.11. The maximum Gasteiger partial charge on any atom is 0.0547 e. The highest BCUT2D eigenvalue weighted by Gasteiger charge is 2.21. The first-order valence-corrected chi connectivity index (χ1v) is 17.1. The SMILES string of the molecule is c1ccc(-c2cccc(N(c3ccc4c(c3)c3c(-c5ccccc5)cccc3n4-c3ccccc3)c3ccccc3-c3ccccc3)c2)cc1. The van der Waals surface area contributed by atoms with Crippen molar-refractivity contribution < 1.29 is 0 Å². The zero-order valence-electron chi connectivity index (χ0n) is 27.5. The minimum Gasteiger partial charge on any atom is -0.310 e. The van der Waals surface area contributed by atoms with Gasteiger partial charge < -0.3 is 9.47 Å². The number of benzene rings is 8. The summed E-state index contributed by atoms with van der Waals surface area (Å²) in [6.45, 7) is 0. The Bertz CT molecular complexity index is 2570.